The molecule has 0 unspecified atom stereocenters. The highest BCUT2D eigenvalue weighted by molar-refractivity contribution is 7.08. The predicted octanol–water partition coefficient (Wildman–Crippen LogP) is 3.37. The Morgan fingerprint density at radius 3 is 2.73 bits per heavy atom. The summed E-state index contributed by atoms with van der Waals surface area (Å²) in [6.45, 7) is 2.73. The van der Waals surface area contributed by atoms with Crippen LogP contribution in [0.3, 0.4) is 0 Å². The molecular formula is C12H13NOS. The number of phenols is 1. The average molecular weight is 219 g/mol. The largest absolute Gasteiger partial charge is 0.508 e. The summed E-state index contributed by atoms with van der Waals surface area (Å²) in [4.78, 5) is 0. The molecule has 3 heteroatoms. The predicted molar refractivity (Wildman–Crippen MR) is 64.5 cm³/mol. The van der Waals surface area contributed by atoms with E-state index >= 15 is 0 Å². The van der Waals surface area contributed by atoms with Gasteiger partial charge >= 0.3 is 0 Å². The highest BCUT2D eigenvalue weighted by Gasteiger charge is 2.01. The van der Waals surface area contributed by atoms with E-state index in [0.717, 1.165) is 11.3 Å². The lowest BCUT2D eigenvalue weighted by Gasteiger charge is -2.07. The highest BCUT2D eigenvalue weighted by atomic mass is 32.1. The molecule has 1 heterocycles. The van der Waals surface area contributed by atoms with E-state index in [4.69, 9.17) is 0 Å². The summed E-state index contributed by atoms with van der Waals surface area (Å²) in [7, 11) is 0. The summed E-state index contributed by atoms with van der Waals surface area (Å²) in [6.07, 6.45) is 0. The van der Waals surface area contributed by atoms with Gasteiger partial charge in [-0.25, -0.2) is 0 Å². The molecule has 0 amide bonds. The molecule has 0 radical (unpaired) electrons. The van der Waals surface area contributed by atoms with Crippen LogP contribution in [0.25, 0.3) is 0 Å². The summed E-state index contributed by atoms with van der Waals surface area (Å²) in [5.74, 6) is 0.345. The van der Waals surface area contributed by atoms with Gasteiger partial charge in [-0.05, 0) is 23.9 Å². The molecule has 0 aliphatic carbocycles. The number of thiophene rings is 1. The Hall–Kier alpha value is -1.48. The molecule has 0 spiro atoms. The molecule has 0 fully saturated rings. The van der Waals surface area contributed by atoms with Crippen molar-refractivity contribution in [3.05, 3.63) is 46.2 Å². The highest BCUT2D eigenvalue weighted by Crippen LogP contribution is 2.22. The lowest BCUT2D eigenvalue weighted by Crippen LogP contribution is -1.99. The first-order chi connectivity index (χ1) is 7.27. The number of nitrogens with one attached hydrogen (secondary N) is 1. The zero-order valence-electron chi connectivity index (χ0n) is 8.53. The third-order valence-corrected chi connectivity index (χ3v) is 3.18. The van der Waals surface area contributed by atoms with Gasteiger partial charge in [0.25, 0.3) is 0 Å². The maximum absolute atomic E-state index is 9.57. The van der Waals surface area contributed by atoms with Crippen LogP contribution in [0, 0.1) is 6.92 Å². The zero-order valence-corrected chi connectivity index (χ0v) is 9.34. The number of phenolic OH excluding ortho intramolecular Hbond substituents is 1. The molecule has 2 aromatic rings. The van der Waals surface area contributed by atoms with E-state index in [-0.39, 0.29) is 0 Å². The molecule has 15 heavy (non-hydrogen) atoms. The van der Waals surface area contributed by atoms with Gasteiger partial charge in [-0.2, -0.15) is 0 Å². The second kappa shape index (κ2) is 4.36. The summed E-state index contributed by atoms with van der Waals surface area (Å²) in [6, 6.07) is 7.38. The number of rotatable bonds is 3. The quantitative estimate of drug-likeness (QED) is 0.829. The van der Waals surface area contributed by atoms with Crippen LogP contribution in [0.5, 0.6) is 5.75 Å². The lowest BCUT2D eigenvalue weighted by molar-refractivity contribution is 0.469. The van der Waals surface area contributed by atoms with Gasteiger partial charge in [-0.3, -0.25) is 0 Å². The van der Waals surface area contributed by atoms with Crippen LogP contribution in [0.15, 0.2) is 35.0 Å². The summed E-state index contributed by atoms with van der Waals surface area (Å²) < 4.78 is 0. The monoisotopic (exact) mass is 219 g/mol. The van der Waals surface area contributed by atoms with Gasteiger partial charge < -0.3 is 10.4 Å². The Bertz CT molecular complexity index is 450. The van der Waals surface area contributed by atoms with Crippen molar-refractivity contribution in [3.8, 4) is 5.75 Å². The van der Waals surface area contributed by atoms with Crippen molar-refractivity contribution in [1.29, 1.82) is 0 Å². The minimum atomic E-state index is 0.345. The standard InChI is InChI=1S/C12H13NOS/c1-9-7-15-8-11(9)13-6-10-4-2-3-5-12(10)14/h2-5,7-8,13-14H,6H2,1H3. The van der Waals surface area contributed by atoms with E-state index in [1.165, 1.54) is 5.56 Å². The Morgan fingerprint density at radius 2 is 2.07 bits per heavy atom. The average Bonchev–Trinajstić information content (AvgIpc) is 2.63. The molecule has 0 aliphatic heterocycles. The fourth-order valence-corrected chi connectivity index (χ4v) is 2.20. The van der Waals surface area contributed by atoms with Crippen molar-refractivity contribution < 1.29 is 5.11 Å². The Balaban J connectivity index is 2.06. The Kier molecular flexibility index (Phi) is 2.92. The Morgan fingerprint density at radius 1 is 1.27 bits per heavy atom. The van der Waals surface area contributed by atoms with Gasteiger partial charge in [0.15, 0.2) is 0 Å². The van der Waals surface area contributed by atoms with Crippen molar-refractivity contribution in [1.82, 2.24) is 0 Å². The first kappa shape index (κ1) is 10.1. The molecule has 1 aromatic heterocycles. The summed E-state index contributed by atoms with van der Waals surface area (Å²) >= 11 is 1.68. The van der Waals surface area contributed by atoms with Crippen molar-refractivity contribution in [3.63, 3.8) is 0 Å². The van der Waals surface area contributed by atoms with Crippen molar-refractivity contribution in [2.75, 3.05) is 5.32 Å². The van der Waals surface area contributed by atoms with E-state index in [2.05, 4.69) is 23.0 Å². The summed E-state index contributed by atoms with van der Waals surface area (Å²) in [5.41, 5.74) is 3.31. The third kappa shape index (κ3) is 2.30. The van der Waals surface area contributed by atoms with Crippen LogP contribution in [-0.2, 0) is 6.54 Å². The molecule has 0 saturated heterocycles. The number of anilines is 1. The van der Waals surface area contributed by atoms with Crippen LogP contribution in [-0.4, -0.2) is 5.11 Å². The maximum Gasteiger partial charge on any atom is 0.120 e. The van der Waals surface area contributed by atoms with Crippen molar-refractivity contribution >= 4 is 17.0 Å². The number of aromatic hydroxyl groups is 1. The fourth-order valence-electron chi connectivity index (χ4n) is 1.39. The minimum absolute atomic E-state index is 0.345. The second-order valence-electron chi connectivity index (χ2n) is 3.45. The van der Waals surface area contributed by atoms with Crippen LogP contribution in [0.1, 0.15) is 11.1 Å². The molecule has 1 aromatic carbocycles. The van der Waals surface area contributed by atoms with Crippen molar-refractivity contribution in [2.24, 2.45) is 0 Å². The molecular weight excluding hydrogens is 206 g/mol. The van der Waals surface area contributed by atoms with Gasteiger partial charge in [0, 0.05) is 23.2 Å². The van der Waals surface area contributed by atoms with E-state index in [0.29, 0.717) is 12.3 Å². The normalized spacial score (nSPS) is 10.2. The number of benzene rings is 1. The minimum Gasteiger partial charge on any atom is -0.508 e. The fraction of sp³-hybridized carbons (Fsp3) is 0.167. The topological polar surface area (TPSA) is 32.3 Å². The van der Waals surface area contributed by atoms with E-state index in [9.17, 15) is 5.11 Å². The first-order valence-electron chi connectivity index (χ1n) is 4.81. The second-order valence-corrected chi connectivity index (χ2v) is 4.19. The smallest absolute Gasteiger partial charge is 0.120 e. The molecule has 2 nitrogen and oxygen atoms in total. The molecule has 78 valence electrons. The zero-order chi connectivity index (χ0) is 10.7. The van der Waals surface area contributed by atoms with Gasteiger partial charge in [0.1, 0.15) is 5.75 Å². The van der Waals surface area contributed by atoms with E-state index in [1.54, 1.807) is 17.4 Å². The lowest BCUT2D eigenvalue weighted by atomic mass is 10.2. The van der Waals surface area contributed by atoms with Crippen molar-refractivity contribution in [2.45, 2.75) is 13.5 Å². The molecule has 0 aliphatic rings. The van der Waals surface area contributed by atoms with Gasteiger partial charge in [-0.15, -0.1) is 11.3 Å². The number of hydrogen-bond acceptors (Lipinski definition) is 3. The summed E-state index contributed by atoms with van der Waals surface area (Å²) in [5, 5.41) is 17.1. The first-order valence-corrected chi connectivity index (χ1v) is 5.75. The molecule has 0 atom stereocenters. The maximum atomic E-state index is 9.57. The number of aryl methyl sites for hydroxylation is 1. The molecule has 2 N–H and O–H groups in total. The molecule has 2 rings (SSSR count). The van der Waals surface area contributed by atoms with Gasteiger partial charge in [0.05, 0.1) is 0 Å². The Labute approximate surface area is 93.2 Å². The van der Waals surface area contributed by atoms with Gasteiger partial charge in [-0.1, -0.05) is 18.2 Å². The van der Waals surface area contributed by atoms with E-state index in [1.807, 2.05) is 18.2 Å². The van der Waals surface area contributed by atoms with Crippen LogP contribution in [0.2, 0.25) is 0 Å². The SMILES string of the molecule is Cc1cscc1NCc1ccccc1O. The van der Waals surface area contributed by atoms with Gasteiger partial charge in [0.2, 0.25) is 0 Å². The molecule has 0 saturated carbocycles. The number of hydrogen-bond donors (Lipinski definition) is 2. The van der Waals surface area contributed by atoms with E-state index < -0.39 is 0 Å². The van der Waals surface area contributed by atoms with Crippen LogP contribution < -0.4 is 5.32 Å². The number of para-hydroxylation sites is 1. The third-order valence-electron chi connectivity index (χ3n) is 2.32. The van der Waals surface area contributed by atoms with Crippen LogP contribution in [0.4, 0.5) is 5.69 Å². The van der Waals surface area contributed by atoms with Crippen LogP contribution >= 0.6 is 11.3 Å². The molecule has 0 bridgehead atoms.